The van der Waals surface area contributed by atoms with Crippen molar-refractivity contribution in [1.82, 2.24) is 14.7 Å². The highest BCUT2D eigenvalue weighted by atomic mass is 15.3. The monoisotopic (exact) mass is 266 g/mol. The van der Waals surface area contributed by atoms with E-state index >= 15 is 0 Å². The van der Waals surface area contributed by atoms with Crippen LogP contribution in [0.15, 0.2) is 0 Å². The second kappa shape index (κ2) is 5.68. The fourth-order valence-electron chi connectivity index (χ4n) is 3.94. The summed E-state index contributed by atoms with van der Waals surface area (Å²) in [7, 11) is 0. The van der Waals surface area contributed by atoms with E-state index < -0.39 is 0 Å². The summed E-state index contributed by atoms with van der Waals surface area (Å²) in [5.41, 5.74) is 6.50. The Balaban J connectivity index is 1.56. The minimum Gasteiger partial charge on any atom is -0.329 e. The lowest BCUT2D eigenvalue weighted by Crippen LogP contribution is -2.63. The van der Waals surface area contributed by atoms with E-state index in [2.05, 4.69) is 21.6 Å². The van der Waals surface area contributed by atoms with Crippen LogP contribution in [0.5, 0.6) is 0 Å². The SMILES string of the molecule is CCN1CCC(CN)(N2CCN(C3CC3)CC2)CC1. The van der Waals surface area contributed by atoms with Crippen molar-refractivity contribution in [2.75, 3.05) is 52.4 Å². The van der Waals surface area contributed by atoms with Gasteiger partial charge in [0.1, 0.15) is 0 Å². The molecular weight excluding hydrogens is 236 g/mol. The van der Waals surface area contributed by atoms with Crippen LogP contribution >= 0.6 is 0 Å². The fraction of sp³-hybridized carbons (Fsp3) is 1.00. The van der Waals surface area contributed by atoms with Crippen molar-refractivity contribution in [3.8, 4) is 0 Å². The smallest absolute Gasteiger partial charge is 0.0357 e. The Morgan fingerprint density at radius 1 is 1.00 bits per heavy atom. The highest BCUT2D eigenvalue weighted by Crippen LogP contribution is 2.32. The highest BCUT2D eigenvalue weighted by molar-refractivity contribution is 4.99. The predicted molar refractivity (Wildman–Crippen MR) is 79.3 cm³/mol. The molecular formula is C15H30N4. The lowest BCUT2D eigenvalue weighted by Gasteiger charge is -2.51. The minimum absolute atomic E-state index is 0.307. The molecule has 1 saturated carbocycles. The van der Waals surface area contributed by atoms with Gasteiger partial charge < -0.3 is 10.6 Å². The first-order valence-corrected chi connectivity index (χ1v) is 8.19. The summed E-state index contributed by atoms with van der Waals surface area (Å²) in [6.07, 6.45) is 5.41. The molecule has 4 heteroatoms. The Hall–Kier alpha value is -0.160. The number of rotatable bonds is 4. The zero-order valence-electron chi connectivity index (χ0n) is 12.5. The van der Waals surface area contributed by atoms with E-state index in [0.29, 0.717) is 5.54 Å². The van der Waals surface area contributed by atoms with Crippen molar-refractivity contribution in [3.05, 3.63) is 0 Å². The molecule has 19 heavy (non-hydrogen) atoms. The summed E-state index contributed by atoms with van der Waals surface area (Å²) in [6, 6.07) is 0.929. The zero-order chi connectivity index (χ0) is 13.3. The molecule has 0 amide bonds. The first-order valence-electron chi connectivity index (χ1n) is 8.19. The Morgan fingerprint density at radius 2 is 1.63 bits per heavy atom. The van der Waals surface area contributed by atoms with Gasteiger partial charge in [0.25, 0.3) is 0 Å². The lowest BCUT2D eigenvalue weighted by atomic mass is 9.85. The molecule has 3 fully saturated rings. The van der Waals surface area contributed by atoms with Crippen LogP contribution in [0.4, 0.5) is 0 Å². The van der Waals surface area contributed by atoms with Gasteiger partial charge in [-0.15, -0.1) is 0 Å². The number of likely N-dealkylation sites (tertiary alicyclic amines) is 1. The normalized spacial score (nSPS) is 30.6. The zero-order valence-corrected chi connectivity index (χ0v) is 12.5. The molecule has 0 bridgehead atoms. The molecule has 4 nitrogen and oxygen atoms in total. The molecule has 2 saturated heterocycles. The summed E-state index contributed by atoms with van der Waals surface area (Å²) in [5.74, 6) is 0. The van der Waals surface area contributed by atoms with E-state index in [4.69, 9.17) is 5.73 Å². The van der Waals surface area contributed by atoms with Gasteiger partial charge >= 0.3 is 0 Å². The molecule has 2 aliphatic heterocycles. The van der Waals surface area contributed by atoms with Gasteiger partial charge in [0.15, 0.2) is 0 Å². The summed E-state index contributed by atoms with van der Waals surface area (Å²) in [6.45, 7) is 11.8. The standard InChI is InChI=1S/C15H30N4/c1-2-17-7-5-15(13-16,6-8-17)19-11-9-18(10-12-19)14-3-4-14/h14H,2-13,16H2,1H3. The van der Waals surface area contributed by atoms with Gasteiger partial charge in [0.05, 0.1) is 0 Å². The van der Waals surface area contributed by atoms with Crippen molar-refractivity contribution in [1.29, 1.82) is 0 Å². The molecule has 3 aliphatic rings. The number of nitrogens with zero attached hydrogens (tertiary/aromatic N) is 3. The first-order chi connectivity index (χ1) is 9.27. The number of hydrogen-bond acceptors (Lipinski definition) is 4. The van der Waals surface area contributed by atoms with Crippen molar-refractivity contribution in [3.63, 3.8) is 0 Å². The molecule has 3 rings (SSSR count). The summed E-state index contributed by atoms with van der Waals surface area (Å²) >= 11 is 0. The summed E-state index contributed by atoms with van der Waals surface area (Å²) in [5, 5.41) is 0. The van der Waals surface area contributed by atoms with Crippen molar-refractivity contribution in [2.45, 2.75) is 44.2 Å². The molecule has 0 atom stereocenters. The second-order valence-corrected chi connectivity index (χ2v) is 6.62. The maximum atomic E-state index is 6.19. The van der Waals surface area contributed by atoms with Crippen molar-refractivity contribution < 1.29 is 0 Å². The lowest BCUT2D eigenvalue weighted by molar-refractivity contribution is -0.00635. The van der Waals surface area contributed by atoms with E-state index in [1.807, 2.05) is 0 Å². The fourth-order valence-corrected chi connectivity index (χ4v) is 3.94. The summed E-state index contributed by atoms with van der Waals surface area (Å²) in [4.78, 5) is 7.98. The number of nitrogens with two attached hydrogens (primary N) is 1. The van der Waals surface area contributed by atoms with Crippen LogP contribution in [0.2, 0.25) is 0 Å². The number of piperidine rings is 1. The predicted octanol–water partition coefficient (Wildman–Crippen LogP) is 0.580. The molecule has 1 aliphatic carbocycles. The molecule has 0 spiro atoms. The Bertz CT molecular complexity index is 287. The van der Waals surface area contributed by atoms with Crippen LogP contribution in [-0.4, -0.2) is 78.6 Å². The first kappa shape index (κ1) is 13.8. The van der Waals surface area contributed by atoms with Crippen LogP contribution in [-0.2, 0) is 0 Å². The number of hydrogen-bond donors (Lipinski definition) is 1. The topological polar surface area (TPSA) is 35.7 Å². The van der Waals surface area contributed by atoms with Gasteiger partial charge in [0, 0.05) is 44.3 Å². The molecule has 110 valence electrons. The third-order valence-corrected chi connectivity index (χ3v) is 5.66. The maximum absolute atomic E-state index is 6.19. The Morgan fingerprint density at radius 3 is 2.11 bits per heavy atom. The van der Waals surface area contributed by atoms with Crippen LogP contribution < -0.4 is 5.73 Å². The third-order valence-electron chi connectivity index (χ3n) is 5.66. The van der Waals surface area contributed by atoms with Crippen molar-refractivity contribution >= 4 is 0 Å². The van der Waals surface area contributed by atoms with Gasteiger partial charge in [0.2, 0.25) is 0 Å². The van der Waals surface area contributed by atoms with Gasteiger partial charge in [-0.25, -0.2) is 0 Å². The van der Waals surface area contributed by atoms with Crippen LogP contribution in [0, 0.1) is 0 Å². The number of piperazine rings is 1. The molecule has 0 unspecified atom stereocenters. The van der Waals surface area contributed by atoms with E-state index in [9.17, 15) is 0 Å². The molecule has 2 N–H and O–H groups in total. The molecule has 0 aromatic carbocycles. The van der Waals surface area contributed by atoms with Gasteiger partial charge in [-0.1, -0.05) is 6.92 Å². The van der Waals surface area contributed by atoms with Crippen molar-refractivity contribution in [2.24, 2.45) is 5.73 Å². The molecule has 2 heterocycles. The quantitative estimate of drug-likeness (QED) is 0.807. The third kappa shape index (κ3) is 2.82. The largest absolute Gasteiger partial charge is 0.329 e. The Labute approximate surface area is 117 Å². The van der Waals surface area contributed by atoms with Gasteiger partial charge in [-0.2, -0.15) is 0 Å². The molecule has 0 aromatic rings. The molecule has 0 aromatic heterocycles. The average molecular weight is 266 g/mol. The molecule has 0 radical (unpaired) electrons. The van der Waals surface area contributed by atoms with E-state index in [1.165, 1.54) is 71.5 Å². The van der Waals surface area contributed by atoms with Gasteiger partial charge in [-0.05, 0) is 45.3 Å². The summed E-state index contributed by atoms with van der Waals surface area (Å²) < 4.78 is 0. The van der Waals surface area contributed by atoms with Crippen LogP contribution in [0.3, 0.4) is 0 Å². The van der Waals surface area contributed by atoms with Crippen LogP contribution in [0.1, 0.15) is 32.6 Å². The van der Waals surface area contributed by atoms with Crippen LogP contribution in [0.25, 0.3) is 0 Å². The van der Waals surface area contributed by atoms with E-state index in [-0.39, 0.29) is 0 Å². The second-order valence-electron chi connectivity index (χ2n) is 6.62. The van der Waals surface area contributed by atoms with E-state index in [0.717, 1.165) is 12.6 Å². The average Bonchev–Trinajstić information content (AvgIpc) is 3.32. The van der Waals surface area contributed by atoms with Gasteiger partial charge in [-0.3, -0.25) is 9.80 Å². The highest BCUT2D eigenvalue weighted by Gasteiger charge is 2.41. The van der Waals surface area contributed by atoms with E-state index in [1.54, 1.807) is 0 Å². The minimum atomic E-state index is 0.307. The maximum Gasteiger partial charge on any atom is 0.0357 e. The Kier molecular flexibility index (Phi) is 4.13.